The molecule has 0 fully saturated rings. The van der Waals surface area contributed by atoms with E-state index in [2.05, 4.69) is 0 Å². The lowest BCUT2D eigenvalue weighted by Gasteiger charge is -2.19. The van der Waals surface area contributed by atoms with Crippen LogP contribution < -0.4 is 11.5 Å². The number of hydrogen-bond donors (Lipinski definition) is 3. The van der Waals surface area contributed by atoms with Crippen LogP contribution in [0.5, 0.6) is 0 Å². The van der Waals surface area contributed by atoms with Gasteiger partial charge in [0.25, 0.3) is 0 Å². The third kappa shape index (κ3) is 2.05. The Balaban J connectivity index is 3.20. The van der Waals surface area contributed by atoms with E-state index < -0.39 is 12.1 Å². The number of hydrogen-bond acceptors (Lipinski definition) is 3. The van der Waals surface area contributed by atoms with Crippen molar-refractivity contribution in [1.29, 1.82) is 0 Å². The highest BCUT2D eigenvalue weighted by Gasteiger charge is 2.16. The van der Waals surface area contributed by atoms with Crippen LogP contribution in [0.15, 0.2) is 12.1 Å². The van der Waals surface area contributed by atoms with Crippen molar-refractivity contribution in [2.24, 2.45) is 5.73 Å². The molecule has 0 aliphatic heterocycles. The topological polar surface area (TPSA) is 72.3 Å². The number of aryl methyl sites for hydroxylation is 2. The van der Waals surface area contributed by atoms with Crippen molar-refractivity contribution in [1.82, 2.24) is 0 Å². The van der Waals surface area contributed by atoms with Crippen LogP contribution in [0.4, 0.5) is 5.69 Å². The molecule has 0 aromatic heterocycles. The molecule has 0 heterocycles. The predicted octanol–water partition coefficient (Wildman–Crippen LogP) is 1.27. The van der Waals surface area contributed by atoms with Crippen molar-refractivity contribution in [3.63, 3.8) is 0 Å². The molecule has 1 rings (SSSR count). The third-order valence-corrected chi connectivity index (χ3v) is 2.44. The number of anilines is 1. The van der Waals surface area contributed by atoms with Crippen LogP contribution >= 0.6 is 0 Å². The van der Waals surface area contributed by atoms with Gasteiger partial charge in [-0.15, -0.1) is 0 Å². The summed E-state index contributed by atoms with van der Waals surface area (Å²) in [6.07, 6.45) is -0.585. The summed E-state index contributed by atoms with van der Waals surface area (Å²) < 4.78 is 0. The van der Waals surface area contributed by atoms with Gasteiger partial charge in [-0.1, -0.05) is 17.7 Å². The maximum atomic E-state index is 9.40. The Labute approximate surface area is 84.7 Å². The minimum atomic E-state index is -0.585. The molecule has 3 heteroatoms. The fourth-order valence-corrected chi connectivity index (χ4v) is 1.55. The molecule has 0 saturated carbocycles. The van der Waals surface area contributed by atoms with Crippen LogP contribution in [0.1, 0.15) is 29.7 Å². The first kappa shape index (κ1) is 11.0. The molecule has 2 atom stereocenters. The van der Waals surface area contributed by atoms with E-state index in [0.717, 1.165) is 16.7 Å². The van der Waals surface area contributed by atoms with Crippen molar-refractivity contribution in [3.05, 3.63) is 28.8 Å². The summed E-state index contributed by atoms with van der Waals surface area (Å²) in [5.74, 6) is 0. The lowest BCUT2D eigenvalue weighted by molar-refractivity contribution is 0.164. The lowest BCUT2D eigenvalue weighted by Crippen LogP contribution is -2.24. The van der Waals surface area contributed by atoms with Gasteiger partial charge in [-0.2, -0.15) is 0 Å². The molecule has 0 radical (unpaired) electrons. The second kappa shape index (κ2) is 3.98. The Morgan fingerprint density at radius 3 is 2.36 bits per heavy atom. The van der Waals surface area contributed by atoms with E-state index >= 15 is 0 Å². The average molecular weight is 194 g/mol. The van der Waals surface area contributed by atoms with Crippen molar-refractivity contribution in [3.8, 4) is 0 Å². The van der Waals surface area contributed by atoms with E-state index in [1.165, 1.54) is 0 Å². The van der Waals surface area contributed by atoms with Gasteiger partial charge in [0.2, 0.25) is 0 Å². The fraction of sp³-hybridized carbons (Fsp3) is 0.455. The van der Waals surface area contributed by atoms with Gasteiger partial charge in [0.1, 0.15) is 0 Å². The van der Waals surface area contributed by atoms with Gasteiger partial charge in [-0.3, -0.25) is 0 Å². The van der Waals surface area contributed by atoms with E-state index in [1.807, 2.05) is 26.0 Å². The number of nitrogen functional groups attached to an aromatic ring is 1. The number of aliphatic hydroxyl groups excluding tert-OH is 1. The Hall–Kier alpha value is -1.06. The summed E-state index contributed by atoms with van der Waals surface area (Å²) in [6.45, 7) is 5.60. The number of rotatable bonds is 2. The molecule has 1 unspecified atom stereocenters. The minimum Gasteiger partial charge on any atom is -0.398 e. The van der Waals surface area contributed by atoms with E-state index in [9.17, 15) is 5.11 Å². The molecule has 0 saturated heterocycles. The number of benzene rings is 1. The Kier molecular flexibility index (Phi) is 3.13. The zero-order chi connectivity index (χ0) is 10.9. The van der Waals surface area contributed by atoms with Gasteiger partial charge in [-0.05, 0) is 31.9 Å². The Morgan fingerprint density at radius 2 is 1.86 bits per heavy atom. The van der Waals surface area contributed by atoms with E-state index in [1.54, 1.807) is 6.92 Å². The first-order chi connectivity index (χ1) is 6.43. The van der Waals surface area contributed by atoms with Gasteiger partial charge in [0.05, 0.1) is 12.1 Å². The zero-order valence-corrected chi connectivity index (χ0v) is 8.91. The largest absolute Gasteiger partial charge is 0.398 e. The smallest absolute Gasteiger partial charge is 0.0705 e. The molecular formula is C11H18N2O. The molecule has 14 heavy (non-hydrogen) atoms. The highest BCUT2D eigenvalue weighted by molar-refractivity contribution is 5.56. The van der Waals surface area contributed by atoms with Crippen LogP contribution in [0.3, 0.4) is 0 Å². The maximum Gasteiger partial charge on any atom is 0.0705 e. The second-order valence-corrected chi connectivity index (χ2v) is 3.85. The Bertz CT molecular complexity index is 334. The monoisotopic (exact) mass is 194 g/mol. The maximum absolute atomic E-state index is 9.40. The van der Waals surface area contributed by atoms with Crippen LogP contribution in [0.2, 0.25) is 0 Å². The molecule has 5 N–H and O–H groups in total. The quantitative estimate of drug-likeness (QED) is 0.621. The highest BCUT2D eigenvalue weighted by atomic mass is 16.3. The molecule has 0 aliphatic carbocycles. The van der Waals surface area contributed by atoms with Crippen molar-refractivity contribution in [2.45, 2.75) is 32.9 Å². The summed E-state index contributed by atoms with van der Waals surface area (Å²) in [6, 6.07) is 3.53. The summed E-state index contributed by atoms with van der Waals surface area (Å²) in [5.41, 5.74) is 15.4. The van der Waals surface area contributed by atoms with E-state index in [4.69, 9.17) is 11.5 Å². The fourth-order valence-electron chi connectivity index (χ4n) is 1.55. The van der Waals surface area contributed by atoms with Crippen LogP contribution in [0, 0.1) is 13.8 Å². The third-order valence-electron chi connectivity index (χ3n) is 2.44. The second-order valence-electron chi connectivity index (χ2n) is 3.85. The summed E-state index contributed by atoms with van der Waals surface area (Å²) in [7, 11) is 0. The van der Waals surface area contributed by atoms with Gasteiger partial charge in [0, 0.05) is 5.69 Å². The van der Waals surface area contributed by atoms with Gasteiger partial charge < -0.3 is 16.6 Å². The van der Waals surface area contributed by atoms with E-state index in [-0.39, 0.29) is 0 Å². The molecule has 3 nitrogen and oxygen atoms in total. The molecular weight excluding hydrogens is 176 g/mol. The van der Waals surface area contributed by atoms with Crippen LogP contribution in [-0.4, -0.2) is 11.2 Å². The molecule has 0 spiro atoms. The molecule has 0 amide bonds. The Morgan fingerprint density at radius 1 is 1.29 bits per heavy atom. The first-order valence-corrected chi connectivity index (χ1v) is 4.73. The first-order valence-electron chi connectivity index (χ1n) is 4.73. The normalized spacial score (nSPS) is 15.2. The van der Waals surface area contributed by atoms with Crippen LogP contribution in [-0.2, 0) is 0 Å². The van der Waals surface area contributed by atoms with Crippen molar-refractivity contribution >= 4 is 5.69 Å². The SMILES string of the molecule is Cc1cc(C)c(N)c([C@H](N)C(C)O)c1. The van der Waals surface area contributed by atoms with Crippen LogP contribution in [0.25, 0.3) is 0 Å². The molecule has 1 aromatic rings. The van der Waals surface area contributed by atoms with Crippen molar-refractivity contribution in [2.75, 3.05) is 5.73 Å². The zero-order valence-electron chi connectivity index (χ0n) is 8.91. The molecule has 1 aromatic carbocycles. The predicted molar refractivity (Wildman–Crippen MR) is 58.9 cm³/mol. The number of nitrogens with two attached hydrogens (primary N) is 2. The molecule has 78 valence electrons. The van der Waals surface area contributed by atoms with E-state index in [0.29, 0.717) is 5.69 Å². The van der Waals surface area contributed by atoms with Gasteiger partial charge in [-0.25, -0.2) is 0 Å². The highest BCUT2D eigenvalue weighted by Crippen LogP contribution is 2.25. The molecule has 0 bridgehead atoms. The average Bonchev–Trinajstić information content (AvgIpc) is 2.09. The van der Waals surface area contributed by atoms with Gasteiger partial charge in [0.15, 0.2) is 0 Å². The van der Waals surface area contributed by atoms with Crippen molar-refractivity contribution < 1.29 is 5.11 Å². The lowest BCUT2D eigenvalue weighted by atomic mass is 9.96. The standard InChI is InChI=1S/C11H18N2O/c1-6-4-7(2)10(12)9(5-6)11(13)8(3)14/h4-5,8,11,14H,12-13H2,1-3H3/t8?,11-/m1/s1. The summed E-state index contributed by atoms with van der Waals surface area (Å²) in [4.78, 5) is 0. The molecule has 0 aliphatic rings. The number of aliphatic hydroxyl groups is 1. The summed E-state index contributed by atoms with van der Waals surface area (Å²) in [5, 5.41) is 9.40. The summed E-state index contributed by atoms with van der Waals surface area (Å²) >= 11 is 0. The minimum absolute atomic E-state index is 0.409. The van der Waals surface area contributed by atoms with Gasteiger partial charge >= 0.3 is 0 Å².